The van der Waals surface area contributed by atoms with E-state index in [2.05, 4.69) is 561 Å². The quantitative estimate of drug-likeness (QED) is 0.0750. The van der Waals surface area contributed by atoms with Gasteiger partial charge in [-0.2, -0.15) is 0 Å². The molecule has 0 fully saturated rings. The van der Waals surface area contributed by atoms with Crippen molar-refractivity contribution in [3.63, 3.8) is 0 Å². The van der Waals surface area contributed by atoms with Crippen molar-refractivity contribution in [3.8, 4) is 112 Å². The van der Waals surface area contributed by atoms with Crippen molar-refractivity contribution in [3.05, 3.63) is 556 Å². The number of benzene rings is 21. The average molecular weight is 1710 g/mol. The average Bonchev–Trinajstić information content (AvgIpc) is 1.56. The van der Waals surface area contributed by atoms with Gasteiger partial charge in [-0.05, 0) is 226 Å². The standard InChI is InChI=1S/C73H52N2.C57H42N2/c1-7-21-52(22-8-1)54-35-43-62(44-36-54)74(64-49-41-60(42-50-64)70(57-25-11-3-12-26-57)58-27-13-4-14-28-58)63-47-39-56(40-48-63)68-51-69-71(59-29-15-5-16-30-59)72(61-31-17-6-18-32-61)75(73(69)67-34-20-19-33-66(67)68)65-45-37-55(38-46-65)53-23-9-2-10-24-53;1-57(2)52-30-18-17-28-47(52)48-36-35-45(37-53(48)57)58(42-23-11-5-12-24-42)44-33-31-39(32-34-44)50-38-51-54(40-19-7-3-8-20-40)55(41-21-9-4-10-22-41)59(43-25-13-6-14-26-43)56(51)49-29-16-15-27-46(49)50/h1-51,70H;3-38H,1-2H3. The van der Waals surface area contributed by atoms with Gasteiger partial charge in [0.1, 0.15) is 0 Å². The van der Waals surface area contributed by atoms with Crippen LogP contribution in [0.3, 0.4) is 0 Å². The van der Waals surface area contributed by atoms with Gasteiger partial charge < -0.3 is 18.9 Å². The SMILES string of the molecule is CC1(C)c2ccccc2-c2ccc(N(c3ccccc3)c3ccc(-c4cc5c(-c6ccccc6)c(-c6ccccc6)n(-c6ccccc6)c5c5ccccc45)cc3)cc21.c1ccc(-c2ccc(N(c3ccc(-c4cc5c(-c6ccccc6)c(-c6ccccc6)n(-c6ccc(-c7ccccc7)cc6)c5c5ccccc45)cc3)c3ccc(C(c4ccccc4)c4ccccc4)cc3)cc2)cc1. The molecule has 21 aromatic carbocycles. The smallest absolute Gasteiger partial charge is 0.0620 e. The maximum atomic E-state index is 2.51. The van der Waals surface area contributed by atoms with Gasteiger partial charge in [0.15, 0.2) is 0 Å². The summed E-state index contributed by atoms with van der Waals surface area (Å²) in [6.07, 6.45) is 0. The van der Waals surface area contributed by atoms with Crippen molar-refractivity contribution in [2.45, 2.75) is 25.2 Å². The number of hydrogen-bond acceptors (Lipinski definition) is 2. The number of aromatic nitrogens is 2. The summed E-state index contributed by atoms with van der Waals surface area (Å²) in [6.45, 7) is 4.70. The molecule has 2 heterocycles. The minimum Gasteiger partial charge on any atom is -0.311 e. The highest BCUT2D eigenvalue weighted by atomic mass is 15.1. The van der Waals surface area contributed by atoms with Gasteiger partial charge in [-0.3, -0.25) is 0 Å². The van der Waals surface area contributed by atoms with E-state index in [1.54, 1.807) is 0 Å². The number of nitrogens with zero attached hydrogens (tertiary/aromatic N) is 4. The van der Waals surface area contributed by atoms with Gasteiger partial charge in [-0.1, -0.05) is 432 Å². The molecule has 0 N–H and O–H groups in total. The van der Waals surface area contributed by atoms with E-state index in [9.17, 15) is 0 Å². The second-order valence-corrected chi connectivity index (χ2v) is 35.3. The van der Waals surface area contributed by atoms with Crippen molar-refractivity contribution in [1.29, 1.82) is 0 Å². The summed E-state index contributed by atoms with van der Waals surface area (Å²) < 4.78 is 4.99. The van der Waals surface area contributed by atoms with Crippen LogP contribution >= 0.6 is 0 Å². The van der Waals surface area contributed by atoms with Crippen LogP contribution in [0.15, 0.2) is 528 Å². The van der Waals surface area contributed by atoms with E-state index >= 15 is 0 Å². The third-order valence-corrected chi connectivity index (χ3v) is 27.1. The zero-order valence-electron chi connectivity index (χ0n) is 74.6. The molecule has 0 spiro atoms. The van der Waals surface area contributed by atoms with Gasteiger partial charge in [0.05, 0.1) is 22.4 Å². The lowest BCUT2D eigenvalue weighted by atomic mass is 9.82. The molecule has 4 nitrogen and oxygen atoms in total. The highest BCUT2D eigenvalue weighted by Gasteiger charge is 2.37. The lowest BCUT2D eigenvalue weighted by Crippen LogP contribution is -2.16. The molecule has 0 atom stereocenters. The minimum atomic E-state index is -0.0910. The van der Waals surface area contributed by atoms with E-state index in [1.165, 1.54) is 160 Å². The summed E-state index contributed by atoms with van der Waals surface area (Å²) in [5.41, 5.74) is 39.4. The fraction of sp³-hybridized carbons (Fsp3) is 0.0308. The minimum absolute atomic E-state index is 0.0910. The third kappa shape index (κ3) is 15.0. The second-order valence-electron chi connectivity index (χ2n) is 35.3. The summed E-state index contributed by atoms with van der Waals surface area (Å²) >= 11 is 0. The van der Waals surface area contributed by atoms with Crippen molar-refractivity contribution in [2.75, 3.05) is 9.80 Å². The molecule has 1 aliphatic carbocycles. The van der Waals surface area contributed by atoms with Crippen LogP contribution in [0.5, 0.6) is 0 Å². The highest BCUT2D eigenvalue weighted by Crippen LogP contribution is 2.54. The zero-order valence-corrected chi connectivity index (χ0v) is 74.6. The molecule has 134 heavy (non-hydrogen) atoms. The van der Waals surface area contributed by atoms with E-state index in [0.717, 1.165) is 56.6 Å². The Bertz CT molecular complexity index is 8090. The van der Waals surface area contributed by atoms with E-state index in [0.29, 0.717) is 0 Å². The number of fused-ring (bicyclic) bond motifs is 9. The highest BCUT2D eigenvalue weighted by molar-refractivity contribution is 6.22. The van der Waals surface area contributed by atoms with Crippen molar-refractivity contribution in [2.24, 2.45) is 0 Å². The number of rotatable bonds is 19. The molecule has 4 heteroatoms. The number of hydrogen-bond donors (Lipinski definition) is 0. The number of anilines is 6. The first-order chi connectivity index (χ1) is 66.3. The first-order valence-electron chi connectivity index (χ1n) is 46.4. The van der Waals surface area contributed by atoms with Crippen LogP contribution in [0.2, 0.25) is 0 Å². The van der Waals surface area contributed by atoms with Crippen molar-refractivity contribution >= 4 is 77.5 Å². The molecule has 1 aliphatic rings. The molecule has 0 saturated heterocycles. The Morgan fingerprint density at radius 3 is 0.896 bits per heavy atom. The maximum absolute atomic E-state index is 2.51. The maximum Gasteiger partial charge on any atom is 0.0620 e. The Labute approximate surface area is 783 Å². The van der Waals surface area contributed by atoms with Crippen LogP contribution in [0.4, 0.5) is 34.1 Å². The third-order valence-electron chi connectivity index (χ3n) is 27.1. The van der Waals surface area contributed by atoms with Gasteiger partial charge >= 0.3 is 0 Å². The van der Waals surface area contributed by atoms with Gasteiger partial charge in [0.25, 0.3) is 0 Å². The summed E-state index contributed by atoms with van der Waals surface area (Å²) in [4.78, 5) is 4.77. The summed E-state index contributed by atoms with van der Waals surface area (Å²) in [6, 6.07) is 192. The molecular formula is C130H94N4. The molecule has 0 aliphatic heterocycles. The number of para-hydroxylation sites is 2. The predicted molar refractivity (Wildman–Crippen MR) is 566 cm³/mol. The molecule has 24 rings (SSSR count). The van der Waals surface area contributed by atoms with Gasteiger partial charge in [0, 0.05) is 89.5 Å². The summed E-state index contributed by atoms with van der Waals surface area (Å²) in [5, 5.41) is 7.28. The van der Waals surface area contributed by atoms with Gasteiger partial charge in [-0.15, -0.1) is 0 Å². The molecule has 2 aromatic heterocycles. The lowest BCUT2D eigenvalue weighted by molar-refractivity contribution is 0.660. The fourth-order valence-corrected chi connectivity index (χ4v) is 20.8. The molecule has 0 bridgehead atoms. The largest absolute Gasteiger partial charge is 0.311 e. The fourth-order valence-electron chi connectivity index (χ4n) is 20.8. The predicted octanol–water partition coefficient (Wildman–Crippen LogP) is 35.3. The monoisotopic (exact) mass is 1710 g/mol. The van der Waals surface area contributed by atoms with E-state index in [4.69, 9.17) is 0 Å². The molecule has 634 valence electrons. The molecular weight excluding hydrogens is 1620 g/mol. The molecule has 0 amide bonds. The first-order valence-corrected chi connectivity index (χ1v) is 46.4. The van der Waals surface area contributed by atoms with E-state index in [1.807, 2.05) is 0 Å². The molecule has 23 aromatic rings. The van der Waals surface area contributed by atoms with Crippen LogP contribution in [0.25, 0.3) is 155 Å². The van der Waals surface area contributed by atoms with Gasteiger partial charge in [-0.25, -0.2) is 0 Å². The zero-order chi connectivity index (χ0) is 89.4. The Morgan fingerprint density at radius 1 is 0.187 bits per heavy atom. The Hall–Kier alpha value is -17.2. The Kier molecular flexibility index (Phi) is 21.5. The molecule has 0 radical (unpaired) electrons. The molecule has 0 saturated carbocycles. The second kappa shape index (κ2) is 35.4. The van der Waals surface area contributed by atoms with Gasteiger partial charge in [0.2, 0.25) is 0 Å². The Morgan fingerprint density at radius 2 is 0.470 bits per heavy atom. The van der Waals surface area contributed by atoms with Crippen LogP contribution in [-0.4, -0.2) is 9.13 Å². The lowest BCUT2D eigenvalue weighted by Gasteiger charge is -2.28. The van der Waals surface area contributed by atoms with Crippen LogP contribution in [-0.2, 0) is 5.41 Å². The van der Waals surface area contributed by atoms with Crippen molar-refractivity contribution < 1.29 is 0 Å². The van der Waals surface area contributed by atoms with Crippen LogP contribution in [0, 0.1) is 0 Å². The van der Waals surface area contributed by atoms with Crippen molar-refractivity contribution in [1.82, 2.24) is 9.13 Å². The molecule has 0 unspecified atom stereocenters. The normalized spacial score (nSPS) is 11.9. The topological polar surface area (TPSA) is 16.3 Å². The Balaban J connectivity index is 0.000000156. The van der Waals surface area contributed by atoms with Crippen LogP contribution in [0.1, 0.15) is 47.6 Å². The van der Waals surface area contributed by atoms with Crippen LogP contribution < -0.4 is 9.80 Å². The summed E-state index contributed by atoms with van der Waals surface area (Å²) in [7, 11) is 0. The van der Waals surface area contributed by atoms with E-state index < -0.39 is 0 Å². The first kappa shape index (κ1) is 81.3. The summed E-state index contributed by atoms with van der Waals surface area (Å²) in [5.74, 6) is 0.106. The van der Waals surface area contributed by atoms with E-state index in [-0.39, 0.29) is 11.3 Å².